The molecule has 0 saturated carbocycles. The van der Waals surface area contributed by atoms with E-state index >= 15 is 0 Å². The molecule has 0 unspecified atom stereocenters. The molecule has 0 spiro atoms. The van der Waals surface area contributed by atoms with Gasteiger partial charge in [-0.2, -0.15) is 0 Å². The van der Waals surface area contributed by atoms with Gasteiger partial charge >= 0.3 is 5.97 Å². The van der Waals surface area contributed by atoms with Crippen molar-refractivity contribution < 1.29 is 19.5 Å². The second-order valence-corrected chi connectivity index (χ2v) is 4.74. The molecule has 1 amide bonds. The van der Waals surface area contributed by atoms with Gasteiger partial charge in [-0.1, -0.05) is 0 Å². The highest BCUT2D eigenvalue weighted by molar-refractivity contribution is 8.04. The maximum absolute atomic E-state index is 11.3. The minimum absolute atomic E-state index is 0.00357. The van der Waals surface area contributed by atoms with E-state index in [9.17, 15) is 9.59 Å². The maximum Gasteiger partial charge on any atom is 0.353 e. The van der Waals surface area contributed by atoms with Crippen molar-refractivity contribution in [2.45, 2.75) is 18.2 Å². The number of thioether (sulfide) groups is 1. The summed E-state index contributed by atoms with van der Waals surface area (Å²) in [4.78, 5) is 29.1. The summed E-state index contributed by atoms with van der Waals surface area (Å²) in [6, 6.07) is 0. The number of carboxylic acids is 1. The number of nitrogens with one attached hydrogen (secondary N) is 1. The van der Waals surface area contributed by atoms with Gasteiger partial charge in [0.2, 0.25) is 5.91 Å². The number of β-lactam (4-membered cyclic amide) rings is 1. The molecule has 2 heterocycles. The summed E-state index contributed by atoms with van der Waals surface area (Å²) in [7, 11) is 1.50. The van der Waals surface area contributed by atoms with Crippen LogP contribution in [0.1, 0.15) is 12.8 Å². The summed E-state index contributed by atoms with van der Waals surface area (Å²) in [6.45, 7) is 0.532. The highest BCUT2D eigenvalue weighted by Crippen LogP contribution is 2.47. The first kappa shape index (κ1) is 11.4. The van der Waals surface area contributed by atoms with E-state index in [4.69, 9.17) is 5.11 Å². The molecular weight excluding hydrogens is 232 g/mol. The lowest BCUT2D eigenvalue weighted by Gasteiger charge is -2.33. The third-order valence-electron chi connectivity index (χ3n) is 2.49. The number of nitrogens with zero attached hydrogens (tertiary/aromatic N) is 1. The number of fused-ring (bicyclic) bond motifs is 1. The Kier molecular flexibility index (Phi) is 3.17. The minimum Gasteiger partial charge on any atom is -0.477 e. The van der Waals surface area contributed by atoms with Crippen LogP contribution in [0.25, 0.3) is 0 Å². The molecule has 0 aromatic carbocycles. The smallest absolute Gasteiger partial charge is 0.353 e. The van der Waals surface area contributed by atoms with Crippen LogP contribution >= 0.6 is 11.8 Å². The summed E-state index contributed by atoms with van der Waals surface area (Å²) in [6.07, 6.45) is 0.989. The number of carboxylic acid groups (broad SMARTS) is 1. The molecule has 0 aliphatic carbocycles. The van der Waals surface area contributed by atoms with Gasteiger partial charge < -0.3 is 9.94 Å². The fourth-order valence-electron chi connectivity index (χ4n) is 1.77. The normalized spacial score (nSPS) is 23.4. The topological polar surface area (TPSA) is 78.9 Å². The van der Waals surface area contributed by atoms with Crippen LogP contribution in [0.4, 0.5) is 0 Å². The van der Waals surface area contributed by atoms with Crippen molar-refractivity contribution in [3.63, 3.8) is 0 Å². The van der Waals surface area contributed by atoms with Gasteiger partial charge in [-0.15, -0.1) is 11.8 Å². The highest BCUT2D eigenvalue weighted by Gasteiger charge is 2.47. The van der Waals surface area contributed by atoms with E-state index in [1.165, 1.54) is 23.8 Å². The van der Waals surface area contributed by atoms with E-state index < -0.39 is 5.97 Å². The molecule has 16 heavy (non-hydrogen) atoms. The molecular formula is C9H12N2O4S. The molecule has 2 aliphatic heterocycles. The number of carbonyl (C=O) groups excluding carboxylic acids is 1. The third-order valence-corrected chi connectivity index (χ3v) is 3.82. The van der Waals surface area contributed by atoms with Gasteiger partial charge in [0.25, 0.3) is 0 Å². The lowest BCUT2D eigenvalue weighted by Crippen LogP contribution is -2.48. The first-order valence-electron chi connectivity index (χ1n) is 4.86. The fourth-order valence-corrected chi connectivity index (χ4v) is 3.17. The van der Waals surface area contributed by atoms with Crippen molar-refractivity contribution in [1.82, 2.24) is 10.4 Å². The van der Waals surface area contributed by atoms with Crippen LogP contribution in [0.2, 0.25) is 0 Å². The highest BCUT2D eigenvalue weighted by atomic mass is 32.2. The van der Waals surface area contributed by atoms with Crippen molar-refractivity contribution in [3.05, 3.63) is 10.6 Å². The van der Waals surface area contributed by atoms with Crippen LogP contribution in [0.15, 0.2) is 10.6 Å². The second kappa shape index (κ2) is 4.44. The van der Waals surface area contributed by atoms with Gasteiger partial charge in [0.15, 0.2) is 0 Å². The van der Waals surface area contributed by atoms with Crippen LogP contribution in [0.3, 0.4) is 0 Å². The molecule has 0 bridgehead atoms. The van der Waals surface area contributed by atoms with E-state index in [2.05, 4.69) is 10.3 Å². The quantitative estimate of drug-likeness (QED) is 0.406. The molecule has 0 radical (unpaired) electrons. The first-order chi connectivity index (χ1) is 7.65. The number of hydrogen-bond acceptors (Lipinski definition) is 5. The molecule has 0 aromatic rings. The van der Waals surface area contributed by atoms with Crippen LogP contribution in [-0.2, 0) is 14.4 Å². The first-order valence-corrected chi connectivity index (χ1v) is 5.74. The summed E-state index contributed by atoms with van der Waals surface area (Å²) in [5, 5.41) is 9.06. The fraction of sp³-hybridized carbons (Fsp3) is 0.556. The van der Waals surface area contributed by atoms with Gasteiger partial charge in [-0.3, -0.25) is 9.69 Å². The summed E-state index contributed by atoms with van der Waals surface area (Å²) >= 11 is 1.46. The number of rotatable bonds is 5. The molecule has 2 aliphatic rings. The Labute approximate surface area is 96.6 Å². The zero-order valence-corrected chi connectivity index (χ0v) is 9.54. The molecule has 1 atom stereocenters. The van der Waals surface area contributed by atoms with Crippen molar-refractivity contribution in [3.8, 4) is 0 Å². The molecule has 7 heteroatoms. The van der Waals surface area contributed by atoms with Crippen LogP contribution in [0, 0.1) is 0 Å². The molecule has 6 nitrogen and oxygen atoms in total. The zero-order chi connectivity index (χ0) is 11.7. The van der Waals surface area contributed by atoms with Crippen molar-refractivity contribution in [2.24, 2.45) is 0 Å². The monoisotopic (exact) mass is 244 g/mol. The average molecular weight is 244 g/mol. The van der Waals surface area contributed by atoms with Crippen molar-refractivity contribution in [2.75, 3.05) is 13.7 Å². The van der Waals surface area contributed by atoms with E-state index in [0.29, 0.717) is 19.4 Å². The number of carbonyl (C=O) groups is 2. The largest absolute Gasteiger partial charge is 0.477 e. The van der Waals surface area contributed by atoms with E-state index in [0.717, 1.165) is 4.91 Å². The van der Waals surface area contributed by atoms with E-state index in [1.807, 2.05) is 0 Å². The average Bonchev–Trinajstić information content (AvgIpc) is 2.52. The Morgan fingerprint density at radius 2 is 2.50 bits per heavy atom. The zero-order valence-electron chi connectivity index (χ0n) is 8.73. The second-order valence-electron chi connectivity index (χ2n) is 3.47. The van der Waals surface area contributed by atoms with E-state index in [-0.39, 0.29) is 17.0 Å². The molecule has 1 fully saturated rings. The molecule has 2 rings (SSSR count). The van der Waals surface area contributed by atoms with Crippen LogP contribution in [0.5, 0.6) is 0 Å². The summed E-state index contributed by atoms with van der Waals surface area (Å²) in [5.74, 6) is -1.14. The lowest BCUT2D eigenvalue weighted by atomic mass is 10.1. The van der Waals surface area contributed by atoms with Gasteiger partial charge in [0.1, 0.15) is 5.70 Å². The number of amides is 1. The third kappa shape index (κ3) is 1.81. The van der Waals surface area contributed by atoms with Gasteiger partial charge in [0, 0.05) is 11.4 Å². The Hall–Kier alpha value is -1.05. The predicted octanol–water partition coefficient (Wildman–Crippen LogP) is 0.129. The standard InChI is InChI=1S/C9H12N2O4S/c1-15-10-3-2-5-8(9(13)14)11-6(12)4-7(11)16-5/h7,10H,2-4H2,1H3,(H,13,14)/t7-/m0/s1. The van der Waals surface area contributed by atoms with Crippen LogP contribution in [-0.4, -0.2) is 40.9 Å². The number of hydrogen-bond donors (Lipinski definition) is 2. The Morgan fingerprint density at radius 1 is 1.75 bits per heavy atom. The predicted molar refractivity (Wildman–Crippen MR) is 57.1 cm³/mol. The minimum atomic E-state index is -1.03. The Bertz CT molecular complexity index is 369. The number of hydroxylamine groups is 1. The van der Waals surface area contributed by atoms with Crippen molar-refractivity contribution in [1.29, 1.82) is 0 Å². The van der Waals surface area contributed by atoms with Gasteiger partial charge in [-0.05, 0) is 6.42 Å². The Morgan fingerprint density at radius 3 is 3.06 bits per heavy atom. The molecule has 1 saturated heterocycles. The molecule has 2 N–H and O–H groups in total. The van der Waals surface area contributed by atoms with Gasteiger partial charge in [-0.25, -0.2) is 10.3 Å². The van der Waals surface area contributed by atoms with Crippen molar-refractivity contribution >= 4 is 23.6 Å². The summed E-state index contributed by atoms with van der Waals surface area (Å²) < 4.78 is 0. The van der Waals surface area contributed by atoms with Gasteiger partial charge in [0.05, 0.1) is 18.9 Å². The van der Waals surface area contributed by atoms with E-state index in [1.54, 1.807) is 0 Å². The molecule has 88 valence electrons. The summed E-state index contributed by atoms with van der Waals surface area (Å²) in [5.41, 5.74) is 2.79. The Balaban J connectivity index is 2.09. The SMILES string of the molecule is CONCCC1=C(C(=O)O)N2C(=O)C[C@@H]2S1. The lowest BCUT2D eigenvalue weighted by molar-refractivity contribution is -0.145. The maximum atomic E-state index is 11.3. The van der Waals surface area contributed by atoms with Crippen LogP contribution < -0.4 is 5.48 Å². The number of aliphatic carboxylic acids is 1. The molecule has 0 aromatic heterocycles.